The predicted octanol–water partition coefficient (Wildman–Crippen LogP) is -5.33. The van der Waals surface area contributed by atoms with Gasteiger partial charge < -0.3 is 28.8 Å². The molecule has 0 heterocycles. The fourth-order valence-corrected chi connectivity index (χ4v) is 16.3. The molecule has 1 unspecified atom stereocenters. The van der Waals surface area contributed by atoms with Gasteiger partial charge in [0.1, 0.15) is 10.5 Å². The third-order valence-electron chi connectivity index (χ3n) is 3.14. The van der Waals surface area contributed by atoms with E-state index in [-0.39, 0.29) is 0 Å². The van der Waals surface area contributed by atoms with Crippen molar-refractivity contribution < 1.29 is 28.8 Å². The molecule has 0 saturated carbocycles. The van der Waals surface area contributed by atoms with Crippen molar-refractivity contribution in [1.82, 2.24) is 0 Å². The first kappa shape index (κ1) is 23.5. The molecule has 15 heteroatoms. The van der Waals surface area contributed by atoms with E-state index >= 15 is 0 Å². The summed E-state index contributed by atoms with van der Waals surface area (Å²) >= 11 is 0. The van der Waals surface area contributed by atoms with Crippen molar-refractivity contribution in [2.75, 3.05) is 0 Å². The summed E-state index contributed by atoms with van der Waals surface area (Å²) in [5.41, 5.74) is 1.14. The second-order valence-corrected chi connectivity index (χ2v) is 20.6. The van der Waals surface area contributed by atoms with Gasteiger partial charge in [-0.05, 0) is 16.8 Å². The molecule has 142 valence electrons. The monoisotopic (exact) mass is 484 g/mol. The van der Waals surface area contributed by atoms with Gasteiger partial charge in [-0.15, -0.1) is 0 Å². The Labute approximate surface area is 168 Å². The topological polar surface area (TPSA) is 64.6 Å². The van der Waals surface area contributed by atoms with Gasteiger partial charge in [0.2, 0.25) is 0 Å². The fraction of sp³-hybridized carbons (Fsp3) is 0.200. The van der Waals surface area contributed by atoms with Crippen molar-refractivity contribution >= 4 is 90.8 Å². The van der Waals surface area contributed by atoms with Gasteiger partial charge in [-0.25, -0.2) is 0 Å². The van der Waals surface area contributed by atoms with Gasteiger partial charge in [0.15, 0.2) is 9.04 Å². The number of benzene rings is 1. The Morgan fingerprint density at radius 1 is 0.920 bits per heavy atom. The molecule has 0 spiro atoms. The van der Waals surface area contributed by atoms with E-state index in [2.05, 4.69) is 37.8 Å². The summed E-state index contributed by atoms with van der Waals surface area (Å²) in [7, 11) is -5.98. The van der Waals surface area contributed by atoms with E-state index in [0.29, 0.717) is 0 Å². The highest BCUT2D eigenvalue weighted by Gasteiger charge is 2.12. The minimum absolute atomic E-state index is 0.742. The molecule has 0 aromatic heterocycles. The van der Waals surface area contributed by atoms with Gasteiger partial charge in [0, 0.05) is 0 Å². The van der Waals surface area contributed by atoms with Crippen molar-refractivity contribution in [2.45, 2.75) is 13.0 Å². The Hall–Kier alpha value is 0.415. The van der Waals surface area contributed by atoms with Crippen molar-refractivity contribution in [3.8, 4) is 0 Å². The lowest BCUT2D eigenvalue weighted by Gasteiger charge is -2.15. The van der Waals surface area contributed by atoms with Crippen molar-refractivity contribution in [3.63, 3.8) is 0 Å². The van der Waals surface area contributed by atoms with E-state index in [1.807, 2.05) is 6.08 Å². The highest BCUT2D eigenvalue weighted by Crippen LogP contribution is 2.01. The minimum Gasteiger partial charge on any atom is -0.449 e. The van der Waals surface area contributed by atoms with Gasteiger partial charge in [-0.3, -0.25) is 0 Å². The average Bonchev–Trinajstić information content (AvgIpc) is 2.66. The number of hydrogen-bond donors (Lipinski definition) is 0. The van der Waals surface area contributed by atoms with Crippen LogP contribution in [0.3, 0.4) is 0 Å². The second kappa shape index (κ2) is 16.6. The molecule has 1 aromatic carbocycles. The number of rotatable bonds is 16. The van der Waals surface area contributed by atoms with Gasteiger partial charge in [0.25, 0.3) is 60.0 Å². The summed E-state index contributed by atoms with van der Waals surface area (Å²) < 4.78 is 38.4. The zero-order chi connectivity index (χ0) is 18.2. The maximum absolute atomic E-state index is 6.06. The maximum Gasteiger partial charge on any atom is 0.286 e. The van der Waals surface area contributed by atoms with Gasteiger partial charge >= 0.3 is 0 Å². The molecular formula is C10H28O7Si8. The summed E-state index contributed by atoms with van der Waals surface area (Å²) in [5.74, 6) is 0. The Bertz CT molecular complexity index is 453. The van der Waals surface area contributed by atoms with Crippen LogP contribution >= 0.6 is 0 Å². The molecule has 0 N–H and O–H groups in total. The van der Waals surface area contributed by atoms with E-state index < -0.39 is 69.1 Å². The summed E-state index contributed by atoms with van der Waals surface area (Å²) in [6.07, 6.45) is 1.85. The smallest absolute Gasteiger partial charge is 0.286 e. The van der Waals surface area contributed by atoms with Crippen LogP contribution < -0.4 is 5.19 Å². The fourth-order valence-electron chi connectivity index (χ4n) is 1.92. The van der Waals surface area contributed by atoms with E-state index in [1.165, 1.54) is 5.19 Å². The van der Waals surface area contributed by atoms with Crippen LogP contribution in [0.2, 0.25) is 6.04 Å². The molecule has 0 aliphatic rings. The Balaban J connectivity index is 2.01. The molecule has 1 atom stereocenters. The van der Waals surface area contributed by atoms with Crippen molar-refractivity contribution in [3.05, 3.63) is 36.4 Å². The molecule has 0 bridgehead atoms. The lowest BCUT2D eigenvalue weighted by molar-refractivity contribution is 0.372. The molecule has 0 amide bonds. The zero-order valence-electron chi connectivity index (χ0n) is 15.0. The van der Waals surface area contributed by atoms with Crippen LogP contribution in [-0.2, 0) is 28.8 Å². The molecule has 0 radical (unpaired) electrons. The highest BCUT2D eigenvalue weighted by molar-refractivity contribution is 6.71. The van der Waals surface area contributed by atoms with Gasteiger partial charge in [0.05, 0.1) is 0 Å². The number of hydrogen-bond acceptors (Lipinski definition) is 7. The third-order valence-corrected chi connectivity index (χ3v) is 14.8. The molecule has 0 fully saturated rings. The molecular weight excluding hydrogens is 457 g/mol. The molecule has 0 saturated heterocycles. The van der Waals surface area contributed by atoms with E-state index in [0.717, 1.165) is 22.1 Å². The first-order valence-electron chi connectivity index (χ1n) is 8.03. The Morgan fingerprint density at radius 3 is 1.92 bits per heavy atom. The van der Waals surface area contributed by atoms with E-state index in [4.69, 9.17) is 28.8 Å². The molecule has 25 heavy (non-hydrogen) atoms. The van der Waals surface area contributed by atoms with Crippen LogP contribution in [0.25, 0.3) is 6.08 Å². The highest BCUT2D eigenvalue weighted by atomic mass is 28.4. The first-order valence-corrected chi connectivity index (χ1v) is 17.6. The SMILES string of the molecule is C=Cc1ccc([SiH](CC)O[SiH2]O[SiH2]O[SiH2]O[SiH2]O[SiH2]O[SiH2]O[SiH3])cc1. The average molecular weight is 485 g/mol. The van der Waals surface area contributed by atoms with Crippen molar-refractivity contribution in [1.29, 1.82) is 0 Å². The van der Waals surface area contributed by atoms with Crippen LogP contribution in [0.4, 0.5) is 0 Å². The first-order chi connectivity index (χ1) is 12.3. The van der Waals surface area contributed by atoms with Gasteiger partial charge in [-0.2, -0.15) is 0 Å². The van der Waals surface area contributed by atoms with Gasteiger partial charge in [-0.1, -0.05) is 43.8 Å². The third kappa shape index (κ3) is 11.7. The maximum atomic E-state index is 6.06. The molecule has 0 aliphatic carbocycles. The van der Waals surface area contributed by atoms with E-state index in [1.54, 1.807) is 0 Å². The molecule has 7 nitrogen and oxygen atoms in total. The van der Waals surface area contributed by atoms with Crippen molar-refractivity contribution in [2.24, 2.45) is 0 Å². The zero-order valence-corrected chi connectivity index (χ0v) is 26.6. The van der Waals surface area contributed by atoms with Crippen LogP contribution in [0, 0.1) is 0 Å². The lowest BCUT2D eigenvalue weighted by Crippen LogP contribution is -2.35. The van der Waals surface area contributed by atoms with Crippen LogP contribution in [-0.4, -0.2) is 79.6 Å². The van der Waals surface area contributed by atoms with Crippen LogP contribution in [0.5, 0.6) is 0 Å². The van der Waals surface area contributed by atoms with E-state index in [9.17, 15) is 0 Å². The summed E-state index contributed by atoms with van der Waals surface area (Å²) in [5, 5.41) is 1.32. The molecule has 1 rings (SSSR count). The lowest BCUT2D eigenvalue weighted by atomic mass is 10.2. The van der Waals surface area contributed by atoms with Crippen LogP contribution in [0.1, 0.15) is 12.5 Å². The summed E-state index contributed by atoms with van der Waals surface area (Å²) in [6.45, 7) is 5.95. The molecule has 0 aliphatic heterocycles. The normalized spacial score (nSPS) is 15.2. The minimum atomic E-state index is -1.36. The predicted molar refractivity (Wildman–Crippen MR) is 123 cm³/mol. The standard InChI is InChI=1S/C10H28O7Si8/c1-3-9-5-7-10(8-6-9)25(4-2)17-24-16-23-15-22-14-21-13-20-12-19-11-18/h3,5-8,25H,1,4,19-24H2,2,18H3. The summed E-state index contributed by atoms with van der Waals surface area (Å²) in [4.78, 5) is 0. The van der Waals surface area contributed by atoms with Crippen LogP contribution in [0.15, 0.2) is 30.8 Å². The largest absolute Gasteiger partial charge is 0.449 e. The molecule has 1 aromatic rings. The Morgan fingerprint density at radius 2 is 1.44 bits per heavy atom. The summed E-state index contributed by atoms with van der Waals surface area (Å²) in [6, 6.07) is 9.53. The quantitative estimate of drug-likeness (QED) is 0.171. The second-order valence-electron chi connectivity index (χ2n) is 4.95. The Kier molecular flexibility index (Phi) is 15.6.